The van der Waals surface area contributed by atoms with E-state index in [9.17, 15) is 4.79 Å². The summed E-state index contributed by atoms with van der Waals surface area (Å²) in [5.41, 5.74) is 2.48. The van der Waals surface area contributed by atoms with Crippen LogP contribution in [0.1, 0.15) is 19.8 Å². The zero-order valence-electron chi connectivity index (χ0n) is 11.5. The van der Waals surface area contributed by atoms with Gasteiger partial charge in [-0.05, 0) is 19.8 Å². The number of ether oxygens (including phenoxy) is 1. The van der Waals surface area contributed by atoms with Crippen molar-refractivity contribution in [2.75, 3.05) is 30.4 Å². The maximum atomic E-state index is 11.6. The predicted octanol–water partition coefficient (Wildman–Crippen LogP) is 0.795. The van der Waals surface area contributed by atoms with Crippen molar-refractivity contribution in [2.45, 2.75) is 25.8 Å². The molecule has 110 valence electrons. The van der Waals surface area contributed by atoms with Crippen molar-refractivity contribution in [1.82, 2.24) is 14.9 Å². The molecule has 1 aromatic heterocycles. The number of rotatable bonds is 4. The Morgan fingerprint density at radius 1 is 1.45 bits per heavy atom. The molecule has 1 saturated heterocycles. The van der Waals surface area contributed by atoms with Crippen molar-refractivity contribution in [3.05, 3.63) is 12.4 Å². The number of aromatic nitrogens is 2. The van der Waals surface area contributed by atoms with Gasteiger partial charge in [-0.1, -0.05) is 0 Å². The Kier molecular flexibility index (Phi) is 4.94. The fourth-order valence-electron chi connectivity index (χ4n) is 2.15. The lowest BCUT2D eigenvalue weighted by atomic mass is 10.1. The second kappa shape index (κ2) is 6.90. The van der Waals surface area contributed by atoms with Gasteiger partial charge in [0.15, 0.2) is 0 Å². The van der Waals surface area contributed by atoms with Gasteiger partial charge in [0.2, 0.25) is 0 Å². The number of hydrazine groups is 1. The van der Waals surface area contributed by atoms with Crippen LogP contribution in [0.15, 0.2) is 12.4 Å². The summed E-state index contributed by atoms with van der Waals surface area (Å²) in [5.74, 6) is 6.59. The molecule has 0 bridgehead atoms. The van der Waals surface area contributed by atoms with Gasteiger partial charge in [0, 0.05) is 25.2 Å². The number of nitrogens with two attached hydrogens (primary N) is 1. The van der Waals surface area contributed by atoms with Gasteiger partial charge in [0.05, 0.1) is 6.61 Å². The Balaban J connectivity index is 1.83. The minimum atomic E-state index is -0.234. The Bertz CT molecular complexity index is 447. The molecule has 8 heteroatoms. The van der Waals surface area contributed by atoms with Crippen LogP contribution in [0, 0.1) is 0 Å². The number of nitrogen functional groups attached to an aromatic ring is 1. The summed E-state index contributed by atoms with van der Waals surface area (Å²) < 4.78 is 4.99. The molecule has 0 unspecified atom stereocenters. The monoisotopic (exact) mass is 280 g/mol. The molecule has 1 amide bonds. The first-order valence-corrected chi connectivity index (χ1v) is 6.69. The topological polar surface area (TPSA) is 105 Å². The maximum Gasteiger partial charge on any atom is 0.409 e. The lowest BCUT2D eigenvalue weighted by molar-refractivity contribution is 0.0983. The number of carbonyl (C=O) groups is 1. The van der Waals surface area contributed by atoms with Crippen LogP contribution < -0.4 is 16.6 Å². The molecule has 20 heavy (non-hydrogen) atoms. The van der Waals surface area contributed by atoms with E-state index >= 15 is 0 Å². The van der Waals surface area contributed by atoms with Crippen molar-refractivity contribution in [3.8, 4) is 0 Å². The first-order valence-electron chi connectivity index (χ1n) is 6.69. The van der Waals surface area contributed by atoms with Crippen LogP contribution in [0.3, 0.4) is 0 Å². The second-order valence-corrected chi connectivity index (χ2v) is 4.54. The summed E-state index contributed by atoms with van der Waals surface area (Å²) in [6, 6.07) is 2.03. The van der Waals surface area contributed by atoms with Crippen LogP contribution in [0.25, 0.3) is 0 Å². The van der Waals surface area contributed by atoms with E-state index in [-0.39, 0.29) is 12.1 Å². The molecule has 0 atom stereocenters. The minimum Gasteiger partial charge on any atom is -0.450 e. The number of piperidine rings is 1. The first kappa shape index (κ1) is 14.3. The number of carbonyl (C=O) groups excluding carboxylic acids is 1. The number of hydrogen-bond acceptors (Lipinski definition) is 7. The summed E-state index contributed by atoms with van der Waals surface area (Å²) >= 11 is 0. The third kappa shape index (κ3) is 3.70. The summed E-state index contributed by atoms with van der Waals surface area (Å²) in [4.78, 5) is 21.4. The molecule has 1 aliphatic heterocycles. The Labute approximate surface area is 117 Å². The second-order valence-electron chi connectivity index (χ2n) is 4.54. The summed E-state index contributed by atoms with van der Waals surface area (Å²) in [5, 5.41) is 3.32. The average Bonchev–Trinajstić information content (AvgIpc) is 2.48. The van der Waals surface area contributed by atoms with Gasteiger partial charge in [-0.25, -0.2) is 20.6 Å². The van der Waals surface area contributed by atoms with Gasteiger partial charge in [0.25, 0.3) is 0 Å². The average molecular weight is 280 g/mol. The van der Waals surface area contributed by atoms with Gasteiger partial charge in [0.1, 0.15) is 18.0 Å². The predicted molar refractivity (Wildman–Crippen MR) is 75.1 cm³/mol. The number of nitrogens with zero attached hydrogens (tertiary/aromatic N) is 3. The largest absolute Gasteiger partial charge is 0.450 e. The van der Waals surface area contributed by atoms with Crippen molar-refractivity contribution in [1.29, 1.82) is 0 Å². The highest BCUT2D eigenvalue weighted by atomic mass is 16.6. The van der Waals surface area contributed by atoms with E-state index in [2.05, 4.69) is 20.7 Å². The molecule has 0 aliphatic carbocycles. The molecule has 0 saturated carbocycles. The van der Waals surface area contributed by atoms with Crippen LogP contribution in [0.2, 0.25) is 0 Å². The SMILES string of the molecule is CCOC(=O)N1CCC(Nc2cc(NN)ncn2)CC1. The molecule has 0 aromatic carbocycles. The Hall–Kier alpha value is -2.09. The van der Waals surface area contributed by atoms with Crippen LogP contribution in [0.4, 0.5) is 16.4 Å². The molecule has 1 fully saturated rings. The Morgan fingerprint density at radius 3 is 2.80 bits per heavy atom. The van der Waals surface area contributed by atoms with Crippen LogP contribution >= 0.6 is 0 Å². The lowest BCUT2D eigenvalue weighted by Crippen LogP contribution is -2.42. The lowest BCUT2D eigenvalue weighted by Gasteiger charge is -2.31. The zero-order chi connectivity index (χ0) is 14.4. The smallest absolute Gasteiger partial charge is 0.409 e. The van der Waals surface area contributed by atoms with E-state index in [1.807, 2.05) is 6.92 Å². The minimum absolute atomic E-state index is 0.234. The first-order chi connectivity index (χ1) is 9.72. The number of hydrogen-bond donors (Lipinski definition) is 3. The van der Waals surface area contributed by atoms with Gasteiger partial charge in [-0.15, -0.1) is 0 Å². The van der Waals surface area contributed by atoms with E-state index in [0.29, 0.717) is 25.5 Å². The number of amides is 1. The van der Waals surface area contributed by atoms with Crippen molar-refractivity contribution >= 4 is 17.7 Å². The van der Waals surface area contributed by atoms with E-state index in [0.717, 1.165) is 18.7 Å². The van der Waals surface area contributed by atoms with Crippen molar-refractivity contribution in [2.24, 2.45) is 5.84 Å². The molecule has 0 spiro atoms. The Morgan fingerprint density at radius 2 is 2.15 bits per heavy atom. The number of nitrogens with one attached hydrogen (secondary N) is 2. The molecule has 1 aromatic rings. The number of likely N-dealkylation sites (tertiary alicyclic amines) is 1. The van der Waals surface area contributed by atoms with Crippen molar-refractivity contribution in [3.63, 3.8) is 0 Å². The van der Waals surface area contributed by atoms with Crippen LogP contribution in [-0.2, 0) is 4.74 Å². The van der Waals surface area contributed by atoms with E-state index in [1.54, 1.807) is 11.0 Å². The fourth-order valence-corrected chi connectivity index (χ4v) is 2.15. The molecule has 1 aliphatic rings. The zero-order valence-corrected chi connectivity index (χ0v) is 11.5. The van der Waals surface area contributed by atoms with Gasteiger partial charge in [-0.3, -0.25) is 0 Å². The molecular weight excluding hydrogens is 260 g/mol. The molecule has 4 N–H and O–H groups in total. The highest BCUT2D eigenvalue weighted by Crippen LogP contribution is 2.16. The van der Waals surface area contributed by atoms with Gasteiger partial charge in [-0.2, -0.15) is 0 Å². The highest BCUT2D eigenvalue weighted by molar-refractivity contribution is 5.67. The highest BCUT2D eigenvalue weighted by Gasteiger charge is 2.23. The molecule has 0 radical (unpaired) electrons. The van der Waals surface area contributed by atoms with Crippen molar-refractivity contribution < 1.29 is 9.53 Å². The van der Waals surface area contributed by atoms with Gasteiger partial charge >= 0.3 is 6.09 Å². The standard InChI is InChI=1S/C12H20N6O2/c1-2-20-12(19)18-5-3-9(4-6-18)16-10-7-11(17-13)15-8-14-10/h7-9H,2-6,13H2,1H3,(H2,14,15,16,17). The van der Waals surface area contributed by atoms with E-state index in [4.69, 9.17) is 10.6 Å². The quantitative estimate of drug-likeness (QED) is 0.553. The summed E-state index contributed by atoms with van der Waals surface area (Å²) in [7, 11) is 0. The van der Waals surface area contributed by atoms with E-state index < -0.39 is 0 Å². The normalized spacial score (nSPS) is 15.8. The van der Waals surface area contributed by atoms with Crippen LogP contribution in [-0.4, -0.2) is 46.7 Å². The van der Waals surface area contributed by atoms with E-state index in [1.165, 1.54) is 6.33 Å². The molecule has 2 rings (SSSR count). The third-order valence-corrected chi connectivity index (χ3v) is 3.19. The van der Waals surface area contributed by atoms with Gasteiger partial charge < -0.3 is 20.4 Å². The molecule has 8 nitrogen and oxygen atoms in total. The summed E-state index contributed by atoms with van der Waals surface area (Å²) in [6.45, 7) is 3.59. The van der Waals surface area contributed by atoms with Crippen LogP contribution in [0.5, 0.6) is 0 Å². The molecular formula is C12H20N6O2. The molecule has 2 heterocycles. The number of anilines is 2. The maximum absolute atomic E-state index is 11.6. The third-order valence-electron chi connectivity index (χ3n) is 3.19. The fraction of sp³-hybridized carbons (Fsp3) is 0.583. The summed E-state index contributed by atoms with van der Waals surface area (Å²) in [6.07, 6.45) is 2.93.